The summed E-state index contributed by atoms with van der Waals surface area (Å²) in [4.78, 5) is 0. The Kier molecular flexibility index (Phi) is 3.61. The summed E-state index contributed by atoms with van der Waals surface area (Å²) < 4.78 is 0. The second kappa shape index (κ2) is 5.35. The summed E-state index contributed by atoms with van der Waals surface area (Å²) in [6, 6.07) is 16.1. The van der Waals surface area contributed by atoms with Crippen LogP contribution in [0.25, 0.3) is 0 Å². The molecule has 0 saturated heterocycles. The minimum absolute atomic E-state index is 0.349. The SMILES string of the molecule is C=CCc1cc(Cc2ccccc2)ccc1O. The second-order valence-electron chi connectivity index (χ2n) is 4.12. The lowest BCUT2D eigenvalue weighted by Gasteiger charge is -2.06. The summed E-state index contributed by atoms with van der Waals surface area (Å²) in [5.41, 5.74) is 3.43. The second-order valence-corrected chi connectivity index (χ2v) is 4.12. The number of hydrogen-bond donors (Lipinski definition) is 1. The van der Waals surface area contributed by atoms with E-state index in [0.717, 1.165) is 12.0 Å². The number of allylic oxidation sites excluding steroid dienone is 1. The molecule has 0 bridgehead atoms. The molecular weight excluding hydrogens is 208 g/mol. The van der Waals surface area contributed by atoms with Crippen molar-refractivity contribution >= 4 is 0 Å². The average Bonchev–Trinajstić information content (AvgIpc) is 2.35. The van der Waals surface area contributed by atoms with Gasteiger partial charge in [0.1, 0.15) is 5.75 Å². The standard InChI is InChI=1S/C16H16O/c1-2-6-15-12-14(9-10-16(15)17)11-13-7-4-3-5-8-13/h2-5,7-10,12,17H,1,6,11H2. The van der Waals surface area contributed by atoms with Crippen molar-refractivity contribution in [1.82, 2.24) is 0 Å². The molecule has 0 heterocycles. The molecule has 0 aliphatic carbocycles. The molecule has 2 aromatic rings. The Hall–Kier alpha value is -2.02. The summed E-state index contributed by atoms with van der Waals surface area (Å²) in [5.74, 6) is 0.349. The molecular formula is C16H16O. The molecule has 0 unspecified atom stereocenters. The van der Waals surface area contributed by atoms with Gasteiger partial charge in [-0.1, -0.05) is 48.5 Å². The van der Waals surface area contributed by atoms with Gasteiger partial charge in [0.15, 0.2) is 0 Å². The van der Waals surface area contributed by atoms with Gasteiger partial charge in [0.05, 0.1) is 0 Å². The van der Waals surface area contributed by atoms with Crippen molar-refractivity contribution in [3.8, 4) is 5.75 Å². The van der Waals surface area contributed by atoms with Gasteiger partial charge < -0.3 is 5.11 Å². The monoisotopic (exact) mass is 224 g/mol. The van der Waals surface area contributed by atoms with E-state index in [4.69, 9.17) is 0 Å². The van der Waals surface area contributed by atoms with E-state index < -0.39 is 0 Å². The zero-order valence-corrected chi connectivity index (χ0v) is 9.76. The van der Waals surface area contributed by atoms with Gasteiger partial charge in [-0.3, -0.25) is 0 Å². The maximum Gasteiger partial charge on any atom is 0.119 e. The van der Waals surface area contributed by atoms with Crippen LogP contribution in [0.2, 0.25) is 0 Å². The van der Waals surface area contributed by atoms with Gasteiger partial charge in [-0.15, -0.1) is 6.58 Å². The predicted octanol–water partition coefficient (Wildman–Crippen LogP) is 3.71. The van der Waals surface area contributed by atoms with Gasteiger partial charge in [0, 0.05) is 0 Å². The molecule has 0 saturated carbocycles. The third-order valence-corrected chi connectivity index (χ3v) is 2.76. The van der Waals surface area contributed by atoms with Crippen molar-refractivity contribution in [3.63, 3.8) is 0 Å². The topological polar surface area (TPSA) is 20.2 Å². The van der Waals surface area contributed by atoms with Gasteiger partial charge in [0.2, 0.25) is 0 Å². The average molecular weight is 224 g/mol. The van der Waals surface area contributed by atoms with Crippen LogP contribution in [0.3, 0.4) is 0 Å². The molecule has 1 heteroatoms. The van der Waals surface area contributed by atoms with Gasteiger partial charge in [0.25, 0.3) is 0 Å². The summed E-state index contributed by atoms with van der Waals surface area (Å²) in [6.45, 7) is 3.70. The molecule has 0 amide bonds. The van der Waals surface area contributed by atoms with Crippen molar-refractivity contribution in [1.29, 1.82) is 0 Å². The smallest absolute Gasteiger partial charge is 0.119 e. The summed E-state index contributed by atoms with van der Waals surface area (Å²) in [6.07, 6.45) is 3.40. The molecule has 0 spiro atoms. The highest BCUT2D eigenvalue weighted by Gasteiger charge is 2.02. The molecule has 86 valence electrons. The highest BCUT2D eigenvalue weighted by atomic mass is 16.3. The van der Waals surface area contributed by atoms with Gasteiger partial charge >= 0.3 is 0 Å². The van der Waals surface area contributed by atoms with E-state index in [1.807, 2.05) is 30.3 Å². The molecule has 2 aromatic carbocycles. The third-order valence-electron chi connectivity index (χ3n) is 2.76. The molecule has 0 atom stereocenters. The number of phenols is 1. The first-order valence-electron chi connectivity index (χ1n) is 5.75. The Bertz CT molecular complexity index is 500. The van der Waals surface area contributed by atoms with E-state index in [1.54, 1.807) is 12.1 Å². The number of benzene rings is 2. The lowest BCUT2D eigenvalue weighted by Crippen LogP contribution is -1.90. The Balaban J connectivity index is 2.22. The number of rotatable bonds is 4. The first-order valence-corrected chi connectivity index (χ1v) is 5.75. The van der Waals surface area contributed by atoms with E-state index in [2.05, 4.69) is 18.7 Å². The zero-order chi connectivity index (χ0) is 12.1. The van der Waals surface area contributed by atoms with Crippen molar-refractivity contribution in [2.45, 2.75) is 12.8 Å². The van der Waals surface area contributed by atoms with E-state index in [1.165, 1.54) is 11.1 Å². The van der Waals surface area contributed by atoms with Crippen LogP contribution in [0.4, 0.5) is 0 Å². The molecule has 0 aliphatic heterocycles. The van der Waals surface area contributed by atoms with Gasteiger partial charge in [-0.25, -0.2) is 0 Å². The summed E-state index contributed by atoms with van der Waals surface area (Å²) >= 11 is 0. The fourth-order valence-electron chi connectivity index (χ4n) is 1.90. The summed E-state index contributed by atoms with van der Waals surface area (Å²) in [5, 5.41) is 9.68. The summed E-state index contributed by atoms with van der Waals surface area (Å²) in [7, 11) is 0. The van der Waals surface area contributed by atoms with Crippen LogP contribution in [-0.2, 0) is 12.8 Å². The lowest BCUT2D eigenvalue weighted by atomic mass is 10.0. The zero-order valence-electron chi connectivity index (χ0n) is 9.76. The Morgan fingerprint density at radius 3 is 2.47 bits per heavy atom. The first kappa shape index (κ1) is 11.5. The van der Waals surface area contributed by atoms with Crippen LogP contribution in [0.1, 0.15) is 16.7 Å². The molecule has 17 heavy (non-hydrogen) atoms. The number of hydrogen-bond acceptors (Lipinski definition) is 1. The van der Waals surface area contributed by atoms with Crippen LogP contribution in [-0.4, -0.2) is 5.11 Å². The van der Waals surface area contributed by atoms with Crippen molar-refractivity contribution < 1.29 is 5.11 Å². The van der Waals surface area contributed by atoms with E-state index >= 15 is 0 Å². The first-order chi connectivity index (χ1) is 8.29. The highest BCUT2D eigenvalue weighted by molar-refractivity contribution is 5.39. The van der Waals surface area contributed by atoms with Gasteiger partial charge in [-0.05, 0) is 35.6 Å². The van der Waals surface area contributed by atoms with Crippen molar-refractivity contribution in [2.24, 2.45) is 0 Å². The Morgan fingerprint density at radius 2 is 1.76 bits per heavy atom. The van der Waals surface area contributed by atoms with E-state index in [-0.39, 0.29) is 0 Å². The molecule has 0 aromatic heterocycles. The van der Waals surface area contributed by atoms with Crippen molar-refractivity contribution in [3.05, 3.63) is 77.9 Å². The maximum absolute atomic E-state index is 9.68. The molecule has 0 fully saturated rings. The predicted molar refractivity (Wildman–Crippen MR) is 71.3 cm³/mol. The molecule has 1 N–H and O–H groups in total. The minimum atomic E-state index is 0.349. The Morgan fingerprint density at radius 1 is 1.00 bits per heavy atom. The number of phenolic OH excluding ortho intramolecular Hbond substituents is 1. The minimum Gasteiger partial charge on any atom is -0.508 e. The quantitative estimate of drug-likeness (QED) is 0.785. The highest BCUT2D eigenvalue weighted by Crippen LogP contribution is 2.21. The lowest BCUT2D eigenvalue weighted by molar-refractivity contribution is 0.469. The van der Waals surface area contributed by atoms with Crippen LogP contribution in [0, 0.1) is 0 Å². The van der Waals surface area contributed by atoms with Gasteiger partial charge in [-0.2, -0.15) is 0 Å². The maximum atomic E-state index is 9.68. The Labute approximate surface area is 102 Å². The largest absolute Gasteiger partial charge is 0.508 e. The molecule has 0 radical (unpaired) electrons. The van der Waals surface area contributed by atoms with Crippen LogP contribution in [0.15, 0.2) is 61.2 Å². The normalized spacial score (nSPS) is 10.1. The van der Waals surface area contributed by atoms with E-state index in [9.17, 15) is 5.11 Å². The van der Waals surface area contributed by atoms with Crippen LogP contribution < -0.4 is 0 Å². The van der Waals surface area contributed by atoms with E-state index in [0.29, 0.717) is 12.2 Å². The number of aromatic hydroxyl groups is 1. The molecule has 0 aliphatic rings. The fraction of sp³-hybridized carbons (Fsp3) is 0.125. The fourth-order valence-corrected chi connectivity index (χ4v) is 1.90. The van der Waals surface area contributed by atoms with Crippen LogP contribution in [0.5, 0.6) is 5.75 Å². The van der Waals surface area contributed by atoms with Crippen LogP contribution >= 0.6 is 0 Å². The third kappa shape index (κ3) is 2.97. The molecule has 1 nitrogen and oxygen atoms in total. The molecule has 2 rings (SSSR count). The van der Waals surface area contributed by atoms with Crippen molar-refractivity contribution in [2.75, 3.05) is 0 Å².